The minimum Gasteiger partial charge on any atom is -0.381 e. The van der Waals surface area contributed by atoms with Crippen molar-refractivity contribution in [2.24, 2.45) is 5.92 Å². The molecule has 3 heteroatoms. The van der Waals surface area contributed by atoms with Gasteiger partial charge in [-0.1, -0.05) is 0 Å². The molecule has 88 valence electrons. The number of hydrogen-bond donors (Lipinski definition) is 1. The van der Waals surface area contributed by atoms with Gasteiger partial charge in [0.2, 0.25) is 0 Å². The van der Waals surface area contributed by atoms with Gasteiger partial charge in [0.15, 0.2) is 0 Å². The third-order valence-electron chi connectivity index (χ3n) is 3.41. The molecular weight excluding hydrogens is 188 g/mol. The maximum absolute atomic E-state index is 5.34. The van der Waals surface area contributed by atoms with Crippen LogP contribution in [-0.2, 0) is 4.74 Å². The summed E-state index contributed by atoms with van der Waals surface area (Å²) in [5.41, 5.74) is 0. The Labute approximate surface area is 93.2 Å². The number of rotatable bonds is 6. The lowest BCUT2D eigenvalue weighted by molar-refractivity contribution is 0.0774. The predicted molar refractivity (Wildman–Crippen MR) is 62.1 cm³/mol. The van der Waals surface area contributed by atoms with Crippen LogP contribution in [-0.4, -0.2) is 50.8 Å². The van der Waals surface area contributed by atoms with Crippen LogP contribution in [0.4, 0.5) is 0 Å². The SMILES string of the molecule is CN(CCNC1CCOCC1)CC1CC1. The first kappa shape index (κ1) is 11.4. The van der Waals surface area contributed by atoms with Crippen LogP contribution in [0.15, 0.2) is 0 Å². The van der Waals surface area contributed by atoms with Crippen molar-refractivity contribution >= 4 is 0 Å². The number of nitrogens with zero attached hydrogens (tertiary/aromatic N) is 1. The zero-order valence-electron chi connectivity index (χ0n) is 9.87. The molecule has 0 amide bonds. The summed E-state index contributed by atoms with van der Waals surface area (Å²) >= 11 is 0. The highest BCUT2D eigenvalue weighted by Crippen LogP contribution is 2.29. The summed E-state index contributed by atoms with van der Waals surface area (Å²) in [6.45, 7) is 5.50. The van der Waals surface area contributed by atoms with E-state index in [0.29, 0.717) is 6.04 Å². The van der Waals surface area contributed by atoms with Crippen LogP contribution in [0.5, 0.6) is 0 Å². The number of likely N-dealkylation sites (N-methyl/N-ethyl adjacent to an activating group) is 1. The minimum atomic E-state index is 0.702. The normalized spacial score (nSPS) is 23.6. The summed E-state index contributed by atoms with van der Waals surface area (Å²) in [7, 11) is 2.24. The summed E-state index contributed by atoms with van der Waals surface area (Å²) in [4.78, 5) is 2.46. The summed E-state index contributed by atoms with van der Waals surface area (Å²) in [5, 5.41) is 3.62. The van der Waals surface area contributed by atoms with Crippen molar-refractivity contribution in [1.29, 1.82) is 0 Å². The summed E-state index contributed by atoms with van der Waals surface area (Å²) in [5.74, 6) is 1.01. The second kappa shape index (κ2) is 5.83. The predicted octanol–water partition coefficient (Wildman–Crippen LogP) is 1.10. The van der Waals surface area contributed by atoms with Crippen LogP contribution < -0.4 is 5.32 Å². The molecule has 2 aliphatic rings. The molecule has 0 radical (unpaired) electrons. The van der Waals surface area contributed by atoms with Crippen LogP contribution in [0.2, 0.25) is 0 Å². The molecule has 0 aromatic heterocycles. The van der Waals surface area contributed by atoms with E-state index >= 15 is 0 Å². The maximum atomic E-state index is 5.34. The highest BCUT2D eigenvalue weighted by Gasteiger charge is 2.22. The molecule has 1 saturated carbocycles. The molecule has 2 fully saturated rings. The molecular formula is C12H24N2O. The van der Waals surface area contributed by atoms with Gasteiger partial charge in [0, 0.05) is 38.9 Å². The van der Waals surface area contributed by atoms with Gasteiger partial charge in [-0.2, -0.15) is 0 Å². The van der Waals surface area contributed by atoms with E-state index in [0.717, 1.165) is 25.7 Å². The van der Waals surface area contributed by atoms with Gasteiger partial charge in [-0.3, -0.25) is 0 Å². The average Bonchev–Trinajstić information content (AvgIpc) is 3.03. The molecule has 0 unspecified atom stereocenters. The molecule has 15 heavy (non-hydrogen) atoms. The highest BCUT2D eigenvalue weighted by atomic mass is 16.5. The third-order valence-corrected chi connectivity index (χ3v) is 3.41. The van der Waals surface area contributed by atoms with Crippen LogP contribution in [0, 0.1) is 5.92 Å². The van der Waals surface area contributed by atoms with E-state index in [2.05, 4.69) is 17.3 Å². The lowest BCUT2D eigenvalue weighted by Gasteiger charge is -2.24. The summed E-state index contributed by atoms with van der Waals surface area (Å²) in [6.07, 6.45) is 5.29. The van der Waals surface area contributed by atoms with Crippen LogP contribution in [0.3, 0.4) is 0 Å². The van der Waals surface area contributed by atoms with Gasteiger partial charge >= 0.3 is 0 Å². The van der Waals surface area contributed by atoms with Gasteiger partial charge in [0.1, 0.15) is 0 Å². The van der Waals surface area contributed by atoms with Crippen molar-refractivity contribution < 1.29 is 4.74 Å². The fourth-order valence-corrected chi connectivity index (χ4v) is 2.19. The monoisotopic (exact) mass is 212 g/mol. The van der Waals surface area contributed by atoms with Crippen LogP contribution >= 0.6 is 0 Å². The molecule has 1 heterocycles. The molecule has 1 aliphatic heterocycles. The Kier molecular flexibility index (Phi) is 4.42. The van der Waals surface area contributed by atoms with E-state index in [1.165, 1.54) is 38.8 Å². The Balaban J connectivity index is 1.49. The van der Waals surface area contributed by atoms with Gasteiger partial charge in [-0.15, -0.1) is 0 Å². The smallest absolute Gasteiger partial charge is 0.0480 e. The molecule has 1 saturated heterocycles. The number of hydrogen-bond acceptors (Lipinski definition) is 3. The first-order valence-corrected chi connectivity index (χ1v) is 6.34. The van der Waals surface area contributed by atoms with Gasteiger partial charge in [0.05, 0.1) is 0 Å². The Morgan fingerprint density at radius 2 is 1.93 bits per heavy atom. The number of nitrogens with one attached hydrogen (secondary N) is 1. The van der Waals surface area contributed by atoms with E-state index in [9.17, 15) is 0 Å². The second-order valence-electron chi connectivity index (χ2n) is 5.05. The van der Waals surface area contributed by atoms with Gasteiger partial charge in [0.25, 0.3) is 0 Å². The molecule has 3 nitrogen and oxygen atoms in total. The maximum Gasteiger partial charge on any atom is 0.0480 e. The molecule has 0 bridgehead atoms. The highest BCUT2D eigenvalue weighted by molar-refractivity contribution is 4.77. The molecule has 1 N–H and O–H groups in total. The van der Waals surface area contributed by atoms with Crippen molar-refractivity contribution in [3.63, 3.8) is 0 Å². The molecule has 0 aromatic carbocycles. The zero-order chi connectivity index (χ0) is 10.5. The molecule has 0 spiro atoms. The zero-order valence-corrected chi connectivity index (χ0v) is 9.87. The first-order valence-electron chi connectivity index (χ1n) is 6.34. The quantitative estimate of drug-likeness (QED) is 0.713. The largest absolute Gasteiger partial charge is 0.381 e. The summed E-state index contributed by atoms with van der Waals surface area (Å²) in [6, 6.07) is 0.702. The van der Waals surface area contributed by atoms with E-state index < -0.39 is 0 Å². The molecule has 2 rings (SSSR count). The summed E-state index contributed by atoms with van der Waals surface area (Å²) < 4.78 is 5.34. The van der Waals surface area contributed by atoms with Crippen molar-refractivity contribution in [3.05, 3.63) is 0 Å². The van der Waals surface area contributed by atoms with Gasteiger partial charge < -0.3 is 15.0 Å². The fourth-order valence-electron chi connectivity index (χ4n) is 2.19. The Hall–Kier alpha value is -0.120. The van der Waals surface area contributed by atoms with Gasteiger partial charge in [-0.25, -0.2) is 0 Å². The molecule has 1 aliphatic carbocycles. The Bertz CT molecular complexity index is 176. The van der Waals surface area contributed by atoms with E-state index in [4.69, 9.17) is 4.74 Å². The topological polar surface area (TPSA) is 24.5 Å². The second-order valence-corrected chi connectivity index (χ2v) is 5.05. The standard InChI is InChI=1S/C12H24N2O/c1-14(10-11-2-3-11)7-6-13-12-4-8-15-9-5-12/h11-13H,2-10H2,1H3. The minimum absolute atomic E-state index is 0.702. The van der Waals surface area contributed by atoms with Crippen molar-refractivity contribution in [2.45, 2.75) is 31.7 Å². The lowest BCUT2D eigenvalue weighted by atomic mass is 10.1. The van der Waals surface area contributed by atoms with E-state index in [1.54, 1.807) is 0 Å². The first-order chi connectivity index (χ1) is 7.34. The Morgan fingerprint density at radius 3 is 2.60 bits per heavy atom. The number of ether oxygens (including phenoxy) is 1. The van der Waals surface area contributed by atoms with E-state index in [-0.39, 0.29) is 0 Å². The average molecular weight is 212 g/mol. The molecule has 0 atom stereocenters. The van der Waals surface area contributed by atoms with Crippen molar-refractivity contribution in [3.8, 4) is 0 Å². The Morgan fingerprint density at radius 1 is 1.20 bits per heavy atom. The van der Waals surface area contributed by atoms with Crippen molar-refractivity contribution in [2.75, 3.05) is 39.9 Å². The van der Waals surface area contributed by atoms with Crippen LogP contribution in [0.25, 0.3) is 0 Å². The molecule has 0 aromatic rings. The van der Waals surface area contributed by atoms with E-state index in [1.807, 2.05) is 0 Å². The lowest BCUT2D eigenvalue weighted by Crippen LogP contribution is -2.39. The van der Waals surface area contributed by atoms with Gasteiger partial charge in [-0.05, 0) is 38.6 Å². The third kappa shape index (κ3) is 4.49. The van der Waals surface area contributed by atoms with Crippen molar-refractivity contribution in [1.82, 2.24) is 10.2 Å². The fraction of sp³-hybridized carbons (Fsp3) is 1.00. The van der Waals surface area contributed by atoms with Crippen LogP contribution in [0.1, 0.15) is 25.7 Å².